The van der Waals surface area contributed by atoms with Gasteiger partial charge in [-0.15, -0.1) is 0 Å². The summed E-state index contributed by atoms with van der Waals surface area (Å²) in [4.78, 5) is 12.1. The Balaban J connectivity index is 1.89. The van der Waals surface area contributed by atoms with Gasteiger partial charge in [0.05, 0.1) is 0 Å². The van der Waals surface area contributed by atoms with Gasteiger partial charge in [0.2, 0.25) is 11.9 Å². The van der Waals surface area contributed by atoms with Crippen molar-refractivity contribution in [1.82, 2.24) is 15.0 Å². The number of rotatable bonds is 4. The van der Waals surface area contributed by atoms with Crippen LogP contribution in [0.1, 0.15) is 5.56 Å². The number of aromatic nitrogens is 3. The second-order valence-corrected chi connectivity index (χ2v) is 4.76. The zero-order valence-corrected chi connectivity index (χ0v) is 11.9. The van der Waals surface area contributed by atoms with Gasteiger partial charge in [0, 0.05) is 17.8 Å². The van der Waals surface area contributed by atoms with Crippen molar-refractivity contribution in [2.75, 3.05) is 16.8 Å². The Bertz CT molecular complexity index is 752. The molecule has 1 aromatic heterocycles. The van der Waals surface area contributed by atoms with Crippen LogP contribution >= 0.6 is 0 Å². The van der Waals surface area contributed by atoms with Crippen LogP contribution in [0, 0.1) is 0 Å². The van der Waals surface area contributed by atoms with E-state index in [4.69, 9.17) is 11.5 Å². The Hall–Kier alpha value is -3.15. The molecule has 5 N–H and O–H groups in total. The number of anilines is 3. The quantitative estimate of drug-likeness (QED) is 0.682. The average Bonchev–Trinajstić information content (AvgIpc) is 2.53. The molecule has 0 unspecified atom stereocenters. The van der Waals surface area contributed by atoms with Crippen LogP contribution < -0.4 is 16.8 Å². The molecule has 0 atom stereocenters. The van der Waals surface area contributed by atoms with E-state index in [1.165, 1.54) is 5.56 Å². The minimum absolute atomic E-state index is 0.111. The van der Waals surface area contributed by atoms with Crippen LogP contribution in [0.3, 0.4) is 0 Å². The molecule has 0 aliphatic rings. The number of nitrogens with zero attached hydrogens (tertiary/aromatic N) is 3. The zero-order chi connectivity index (χ0) is 15.4. The monoisotopic (exact) mass is 292 g/mol. The van der Waals surface area contributed by atoms with Gasteiger partial charge in [-0.1, -0.05) is 42.5 Å². The molecule has 2 aromatic carbocycles. The highest BCUT2D eigenvalue weighted by Gasteiger charge is 2.09. The van der Waals surface area contributed by atoms with E-state index >= 15 is 0 Å². The lowest BCUT2D eigenvalue weighted by Crippen LogP contribution is -2.06. The second-order valence-electron chi connectivity index (χ2n) is 4.76. The first-order valence-electron chi connectivity index (χ1n) is 6.86. The van der Waals surface area contributed by atoms with Crippen LogP contribution in [0.5, 0.6) is 0 Å². The molecule has 6 nitrogen and oxygen atoms in total. The third-order valence-corrected chi connectivity index (χ3v) is 3.16. The maximum absolute atomic E-state index is 5.65. The van der Waals surface area contributed by atoms with Crippen molar-refractivity contribution in [1.29, 1.82) is 0 Å². The zero-order valence-electron chi connectivity index (χ0n) is 11.9. The van der Waals surface area contributed by atoms with E-state index in [0.717, 1.165) is 11.3 Å². The summed E-state index contributed by atoms with van der Waals surface area (Å²) in [5.74, 6) is 0.682. The lowest BCUT2D eigenvalue weighted by Gasteiger charge is -2.11. The molecular weight excluding hydrogens is 276 g/mol. The van der Waals surface area contributed by atoms with Crippen LogP contribution in [0.2, 0.25) is 0 Å². The van der Waals surface area contributed by atoms with Gasteiger partial charge in [0.25, 0.3) is 0 Å². The molecule has 0 saturated carbocycles. The number of nitrogen functional groups attached to an aromatic ring is 2. The van der Waals surface area contributed by atoms with Gasteiger partial charge in [0.1, 0.15) is 0 Å². The van der Waals surface area contributed by atoms with Crippen molar-refractivity contribution in [3.05, 3.63) is 60.2 Å². The molecular formula is C16H16N6. The molecule has 0 fully saturated rings. The van der Waals surface area contributed by atoms with E-state index in [-0.39, 0.29) is 11.9 Å². The molecule has 3 aromatic rings. The molecule has 0 aliphatic heterocycles. The predicted molar refractivity (Wildman–Crippen MR) is 87.9 cm³/mol. The molecule has 0 bridgehead atoms. The van der Waals surface area contributed by atoms with Crippen LogP contribution in [-0.4, -0.2) is 15.0 Å². The Morgan fingerprint density at radius 1 is 0.773 bits per heavy atom. The van der Waals surface area contributed by atoms with Gasteiger partial charge in [-0.05, 0) is 17.7 Å². The number of nitrogens with two attached hydrogens (primary N) is 2. The fraction of sp³-hybridized carbons (Fsp3) is 0.0625. The minimum atomic E-state index is 0.111. The second kappa shape index (κ2) is 6.09. The van der Waals surface area contributed by atoms with E-state index in [1.54, 1.807) is 0 Å². The average molecular weight is 292 g/mol. The number of hydrogen-bond acceptors (Lipinski definition) is 6. The number of benzene rings is 2. The number of hydrogen-bond donors (Lipinski definition) is 3. The molecule has 110 valence electrons. The van der Waals surface area contributed by atoms with Crippen molar-refractivity contribution in [3.8, 4) is 11.4 Å². The summed E-state index contributed by atoms with van der Waals surface area (Å²) in [5.41, 5.74) is 14.2. The summed E-state index contributed by atoms with van der Waals surface area (Å²) in [7, 11) is 0. The van der Waals surface area contributed by atoms with Crippen molar-refractivity contribution in [2.45, 2.75) is 6.54 Å². The number of para-hydroxylation sites is 1. The first-order chi connectivity index (χ1) is 10.7. The lowest BCUT2D eigenvalue weighted by atomic mass is 10.1. The van der Waals surface area contributed by atoms with Gasteiger partial charge in [-0.2, -0.15) is 15.0 Å². The first-order valence-corrected chi connectivity index (χ1v) is 6.86. The normalized spacial score (nSPS) is 10.4. The Kier molecular flexibility index (Phi) is 3.82. The molecule has 3 rings (SSSR count). The van der Waals surface area contributed by atoms with Crippen molar-refractivity contribution in [2.24, 2.45) is 0 Å². The standard InChI is InChI=1S/C16H16N6/c17-15-20-14(21-16(18)22-15)12-8-4-5-9-13(12)19-10-11-6-2-1-3-7-11/h1-9,19H,10H2,(H4,17,18,20,21,22). The van der Waals surface area contributed by atoms with Crippen molar-refractivity contribution in [3.63, 3.8) is 0 Å². The van der Waals surface area contributed by atoms with Gasteiger partial charge in [0.15, 0.2) is 5.82 Å². The SMILES string of the molecule is Nc1nc(N)nc(-c2ccccc2NCc2ccccc2)n1. The maximum Gasteiger partial charge on any atom is 0.225 e. The minimum Gasteiger partial charge on any atom is -0.380 e. The van der Waals surface area contributed by atoms with E-state index in [0.29, 0.717) is 12.4 Å². The molecule has 1 heterocycles. The molecule has 0 radical (unpaired) electrons. The van der Waals surface area contributed by atoms with Gasteiger partial charge in [-0.3, -0.25) is 0 Å². The maximum atomic E-state index is 5.65. The highest BCUT2D eigenvalue weighted by molar-refractivity contribution is 5.74. The summed E-state index contributed by atoms with van der Waals surface area (Å²) in [6.45, 7) is 0.702. The molecule has 0 aliphatic carbocycles. The highest BCUT2D eigenvalue weighted by Crippen LogP contribution is 2.26. The summed E-state index contributed by atoms with van der Waals surface area (Å²) in [5, 5.41) is 3.38. The van der Waals surface area contributed by atoms with Gasteiger partial charge >= 0.3 is 0 Å². The van der Waals surface area contributed by atoms with E-state index in [1.807, 2.05) is 42.5 Å². The van der Waals surface area contributed by atoms with Crippen LogP contribution in [0.25, 0.3) is 11.4 Å². The summed E-state index contributed by atoms with van der Waals surface area (Å²) < 4.78 is 0. The largest absolute Gasteiger partial charge is 0.380 e. The molecule has 22 heavy (non-hydrogen) atoms. The molecule has 0 amide bonds. The van der Waals surface area contributed by atoms with E-state index in [9.17, 15) is 0 Å². The third-order valence-electron chi connectivity index (χ3n) is 3.16. The van der Waals surface area contributed by atoms with Crippen molar-refractivity contribution < 1.29 is 0 Å². The van der Waals surface area contributed by atoms with Crippen molar-refractivity contribution >= 4 is 17.6 Å². The summed E-state index contributed by atoms with van der Waals surface area (Å²) in [6, 6.07) is 17.9. The molecule has 0 spiro atoms. The van der Waals surface area contributed by atoms with Crippen LogP contribution in [-0.2, 0) is 6.54 Å². The van der Waals surface area contributed by atoms with Gasteiger partial charge in [-0.25, -0.2) is 0 Å². The van der Waals surface area contributed by atoms with E-state index < -0.39 is 0 Å². The molecule has 0 saturated heterocycles. The van der Waals surface area contributed by atoms with Gasteiger partial charge < -0.3 is 16.8 Å². The lowest BCUT2D eigenvalue weighted by molar-refractivity contribution is 1.08. The first kappa shape index (κ1) is 13.8. The van der Waals surface area contributed by atoms with E-state index in [2.05, 4.69) is 32.4 Å². The third kappa shape index (κ3) is 3.12. The fourth-order valence-corrected chi connectivity index (χ4v) is 2.16. The van der Waals surface area contributed by atoms with Crippen LogP contribution in [0.4, 0.5) is 17.6 Å². The Labute approximate surface area is 128 Å². The fourth-order valence-electron chi connectivity index (χ4n) is 2.16. The molecule has 6 heteroatoms. The number of nitrogens with one attached hydrogen (secondary N) is 1. The Morgan fingerprint density at radius 2 is 1.41 bits per heavy atom. The highest BCUT2D eigenvalue weighted by atomic mass is 15.1. The topological polar surface area (TPSA) is 103 Å². The smallest absolute Gasteiger partial charge is 0.225 e. The summed E-state index contributed by atoms with van der Waals surface area (Å²) >= 11 is 0. The Morgan fingerprint density at radius 3 is 2.14 bits per heavy atom. The van der Waals surface area contributed by atoms with Crippen LogP contribution in [0.15, 0.2) is 54.6 Å². The predicted octanol–water partition coefficient (Wildman–Crippen LogP) is 2.32. The summed E-state index contributed by atoms with van der Waals surface area (Å²) in [6.07, 6.45) is 0.